The van der Waals surface area contributed by atoms with Crippen molar-refractivity contribution in [1.29, 1.82) is 0 Å². The molecule has 0 aliphatic carbocycles. The summed E-state index contributed by atoms with van der Waals surface area (Å²) < 4.78 is 39.0. The molecule has 0 spiro atoms. The molecule has 1 aromatic heterocycles. The molecule has 0 amide bonds. The fourth-order valence-electron chi connectivity index (χ4n) is 2.29. The number of nitrogens with zero attached hydrogens (tertiary/aromatic N) is 2. The van der Waals surface area contributed by atoms with Crippen LogP contribution in [0, 0.1) is 0 Å². The van der Waals surface area contributed by atoms with Crippen molar-refractivity contribution in [3.05, 3.63) is 72.1 Å². The lowest BCUT2D eigenvalue weighted by Gasteiger charge is -2.07. The molecule has 0 bridgehead atoms. The van der Waals surface area contributed by atoms with E-state index in [1.807, 2.05) is 37.3 Å². The molecule has 0 saturated heterocycles. The minimum absolute atomic E-state index is 0.0560. The number of halogens is 3. The zero-order valence-corrected chi connectivity index (χ0v) is 13.0. The highest BCUT2D eigenvalue weighted by Crippen LogP contribution is 2.29. The van der Waals surface area contributed by atoms with E-state index in [0.717, 1.165) is 23.8 Å². The van der Waals surface area contributed by atoms with Gasteiger partial charge in [0.05, 0.1) is 5.69 Å². The Labute approximate surface area is 133 Å². The molecule has 23 heavy (non-hydrogen) atoms. The van der Waals surface area contributed by atoms with Crippen LogP contribution in [0.15, 0.2) is 55.3 Å². The topological polar surface area (TPSA) is 17.8 Å². The van der Waals surface area contributed by atoms with Gasteiger partial charge >= 0.3 is 6.30 Å². The van der Waals surface area contributed by atoms with Crippen LogP contribution in [0.4, 0.5) is 13.2 Å². The van der Waals surface area contributed by atoms with Gasteiger partial charge in [-0.25, -0.2) is 0 Å². The van der Waals surface area contributed by atoms with Gasteiger partial charge in [-0.3, -0.25) is 0 Å². The molecule has 0 N–H and O–H groups in total. The summed E-state index contributed by atoms with van der Waals surface area (Å²) in [5.74, 6) is 0. The lowest BCUT2D eigenvalue weighted by atomic mass is 9.98. The van der Waals surface area contributed by atoms with Gasteiger partial charge < -0.3 is 0 Å². The number of alkyl halides is 3. The van der Waals surface area contributed by atoms with Crippen LogP contribution >= 0.6 is 0 Å². The Balaban J connectivity index is 2.36. The summed E-state index contributed by atoms with van der Waals surface area (Å²) in [6.07, 6.45) is -1.90. The van der Waals surface area contributed by atoms with Crippen LogP contribution in [-0.4, -0.2) is 9.78 Å². The van der Waals surface area contributed by atoms with E-state index in [1.54, 1.807) is 0 Å². The lowest BCUT2D eigenvalue weighted by Crippen LogP contribution is -2.17. The summed E-state index contributed by atoms with van der Waals surface area (Å²) in [4.78, 5) is 0. The third kappa shape index (κ3) is 4.34. The van der Waals surface area contributed by atoms with Gasteiger partial charge in [0.1, 0.15) is 0 Å². The largest absolute Gasteiger partial charge is 0.504 e. The molecule has 2 aromatic rings. The monoisotopic (exact) mass is 320 g/mol. The zero-order valence-electron chi connectivity index (χ0n) is 13.0. The summed E-state index contributed by atoms with van der Waals surface area (Å²) in [5.41, 5.74) is 3.23. The Hall–Kier alpha value is -2.30. The fourth-order valence-corrected chi connectivity index (χ4v) is 2.29. The first kappa shape index (κ1) is 17.1. The maximum absolute atomic E-state index is 13.0. The lowest BCUT2D eigenvalue weighted by molar-refractivity contribution is -0.212. The summed E-state index contributed by atoms with van der Waals surface area (Å²) >= 11 is 0. The van der Waals surface area contributed by atoms with Crippen LogP contribution in [0.1, 0.15) is 36.6 Å². The first-order valence-electron chi connectivity index (χ1n) is 7.35. The number of allylic oxidation sites excluding steroid dienone is 2. The molecule has 2 rings (SSSR count). The second-order valence-corrected chi connectivity index (χ2v) is 5.46. The second-order valence-electron chi connectivity index (χ2n) is 5.46. The molecule has 0 aliphatic heterocycles. The molecule has 0 unspecified atom stereocenters. The summed E-state index contributed by atoms with van der Waals surface area (Å²) in [5, 5.41) is 3.72. The second kappa shape index (κ2) is 6.86. The highest BCUT2D eigenvalue weighted by atomic mass is 19.4. The van der Waals surface area contributed by atoms with Crippen LogP contribution in [0.2, 0.25) is 0 Å². The van der Waals surface area contributed by atoms with Gasteiger partial charge in [-0.1, -0.05) is 56.0 Å². The highest BCUT2D eigenvalue weighted by Gasteiger charge is 2.33. The standard InChI is InChI=1S/C18H19F3N2/c1-4-13(2)10-14(3)17-16(11-15-8-6-5-7-9-15)12-23(22-17)18(19,20)21/h5-9,12H,2-4,10-11H2,1H3. The van der Waals surface area contributed by atoms with E-state index in [9.17, 15) is 13.2 Å². The zero-order chi connectivity index (χ0) is 17.0. The molecule has 0 radical (unpaired) electrons. The van der Waals surface area contributed by atoms with Crippen LogP contribution in [0.3, 0.4) is 0 Å². The smallest absolute Gasteiger partial charge is 0.178 e. The Kier molecular flexibility index (Phi) is 5.08. The molecule has 1 heterocycles. The number of hydrogen-bond donors (Lipinski definition) is 0. The maximum Gasteiger partial charge on any atom is 0.504 e. The van der Waals surface area contributed by atoms with Crippen LogP contribution in [0.5, 0.6) is 0 Å². The van der Waals surface area contributed by atoms with Gasteiger partial charge in [-0.05, 0) is 24.0 Å². The Morgan fingerprint density at radius 1 is 1.17 bits per heavy atom. The van der Waals surface area contributed by atoms with Gasteiger partial charge in [0.15, 0.2) is 0 Å². The van der Waals surface area contributed by atoms with Gasteiger partial charge in [0.2, 0.25) is 0 Å². The molecule has 0 aliphatic rings. The van der Waals surface area contributed by atoms with Crippen LogP contribution in [-0.2, 0) is 12.7 Å². The van der Waals surface area contributed by atoms with Gasteiger partial charge in [-0.15, -0.1) is 13.2 Å². The Bertz CT molecular complexity index is 697. The summed E-state index contributed by atoms with van der Waals surface area (Å²) in [6, 6.07) is 9.34. The third-order valence-corrected chi connectivity index (χ3v) is 3.59. The SMILES string of the molecule is C=C(CC)CC(=C)c1nn(C(F)(F)F)cc1Cc1ccccc1. The van der Waals surface area contributed by atoms with Crippen LogP contribution < -0.4 is 0 Å². The third-order valence-electron chi connectivity index (χ3n) is 3.59. The molecule has 5 heteroatoms. The van der Waals surface area contributed by atoms with Crippen molar-refractivity contribution in [2.75, 3.05) is 0 Å². The molecule has 122 valence electrons. The molecule has 0 saturated carbocycles. The minimum Gasteiger partial charge on any atom is -0.178 e. The molecule has 2 nitrogen and oxygen atoms in total. The Morgan fingerprint density at radius 3 is 2.39 bits per heavy atom. The van der Waals surface area contributed by atoms with E-state index >= 15 is 0 Å². The molecular formula is C18H19F3N2. The fraction of sp³-hybridized carbons (Fsp3) is 0.278. The van der Waals surface area contributed by atoms with Crippen molar-refractivity contribution in [2.45, 2.75) is 32.5 Å². The summed E-state index contributed by atoms with van der Waals surface area (Å²) in [7, 11) is 0. The van der Waals surface area contributed by atoms with Crippen molar-refractivity contribution in [1.82, 2.24) is 9.78 Å². The van der Waals surface area contributed by atoms with E-state index in [-0.39, 0.29) is 4.68 Å². The number of aromatic nitrogens is 2. The van der Waals surface area contributed by atoms with E-state index in [1.165, 1.54) is 0 Å². The highest BCUT2D eigenvalue weighted by molar-refractivity contribution is 5.65. The average Bonchev–Trinajstić information content (AvgIpc) is 2.92. The summed E-state index contributed by atoms with van der Waals surface area (Å²) in [6.45, 7) is 9.75. The molecule has 0 atom stereocenters. The van der Waals surface area contributed by atoms with Crippen molar-refractivity contribution in [2.24, 2.45) is 0 Å². The molecule has 1 aromatic carbocycles. The van der Waals surface area contributed by atoms with Crippen LogP contribution in [0.25, 0.3) is 5.57 Å². The van der Waals surface area contributed by atoms with Gasteiger partial charge in [0, 0.05) is 18.2 Å². The maximum atomic E-state index is 13.0. The quantitative estimate of drug-likeness (QED) is 0.659. The normalized spacial score (nSPS) is 11.5. The number of rotatable bonds is 6. The number of hydrogen-bond acceptors (Lipinski definition) is 1. The van der Waals surface area contributed by atoms with E-state index < -0.39 is 6.30 Å². The first-order valence-corrected chi connectivity index (χ1v) is 7.35. The van der Waals surface area contributed by atoms with E-state index in [0.29, 0.717) is 29.7 Å². The predicted octanol–water partition coefficient (Wildman–Crippen LogP) is 5.32. The first-order chi connectivity index (χ1) is 10.8. The number of benzene rings is 1. The molecule has 0 fully saturated rings. The average molecular weight is 320 g/mol. The predicted molar refractivity (Wildman–Crippen MR) is 85.9 cm³/mol. The van der Waals surface area contributed by atoms with E-state index in [4.69, 9.17) is 0 Å². The van der Waals surface area contributed by atoms with Crippen molar-refractivity contribution in [3.8, 4) is 0 Å². The van der Waals surface area contributed by atoms with Gasteiger partial charge in [0.25, 0.3) is 0 Å². The van der Waals surface area contributed by atoms with Crippen molar-refractivity contribution >= 4 is 5.57 Å². The van der Waals surface area contributed by atoms with Gasteiger partial charge in [-0.2, -0.15) is 9.78 Å². The molecular weight excluding hydrogens is 301 g/mol. The van der Waals surface area contributed by atoms with Crippen molar-refractivity contribution in [3.63, 3.8) is 0 Å². The van der Waals surface area contributed by atoms with E-state index in [2.05, 4.69) is 18.3 Å². The van der Waals surface area contributed by atoms with Crippen molar-refractivity contribution < 1.29 is 13.2 Å². The Morgan fingerprint density at radius 2 is 1.83 bits per heavy atom. The minimum atomic E-state index is -4.54.